The molecule has 1 aliphatic carbocycles. The van der Waals surface area contributed by atoms with E-state index in [1.807, 2.05) is 0 Å². The maximum Gasteiger partial charge on any atom is 0.311 e. The molecule has 1 aromatic rings. The van der Waals surface area contributed by atoms with Crippen LogP contribution in [0.2, 0.25) is 0 Å². The van der Waals surface area contributed by atoms with Crippen molar-refractivity contribution in [3.63, 3.8) is 0 Å². The van der Waals surface area contributed by atoms with Crippen molar-refractivity contribution >= 4 is 11.7 Å². The third kappa shape index (κ3) is 4.05. The molecule has 0 atom stereocenters. The Morgan fingerprint density at radius 3 is 2.42 bits per heavy atom. The Kier molecular flexibility index (Phi) is 4.49. The van der Waals surface area contributed by atoms with Crippen LogP contribution in [0.5, 0.6) is 5.75 Å². The number of nitrogens with zero attached hydrogens (tertiary/aromatic N) is 1. The van der Waals surface area contributed by atoms with E-state index in [1.54, 1.807) is 0 Å². The summed E-state index contributed by atoms with van der Waals surface area (Å²) < 4.78 is 5.19. The molecule has 0 saturated heterocycles. The molecule has 0 N–H and O–H groups in total. The molecule has 0 radical (unpaired) electrons. The molecule has 1 fully saturated rings. The molecule has 0 heterocycles. The van der Waals surface area contributed by atoms with Gasteiger partial charge in [0.1, 0.15) is 5.75 Å². The number of non-ortho nitro benzene ring substituents is 1. The first-order chi connectivity index (χ1) is 9.15. The third-order valence-electron chi connectivity index (χ3n) is 3.46. The van der Waals surface area contributed by atoms with Crippen LogP contribution in [0.1, 0.15) is 38.5 Å². The standard InChI is InChI=1S/C14H17NO4/c16-14(10-11-4-2-1-3-5-11)19-13-8-6-12(7-9-13)15(17)18/h6-9,11H,1-5,10H2. The minimum absolute atomic E-state index is 0.00733. The molecule has 0 unspecified atom stereocenters. The van der Waals surface area contributed by atoms with Gasteiger partial charge in [-0.05, 0) is 30.9 Å². The van der Waals surface area contributed by atoms with E-state index in [1.165, 1.54) is 43.5 Å². The molecule has 0 aliphatic heterocycles. The number of hydrogen-bond acceptors (Lipinski definition) is 4. The van der Waals surface area contributed by atoms with Crippen LogP contribution in [0, 0.1) is 16.0 Å². The average molecular weight is 263 g/mol. The third-order valence-corrected chi connectivity index (χ3v) is 3.46. The molecular weight excluding hydrogens is 246 g/mol. The molecule has 1 aromatic carbocycles. The van der Waals surface area contributed by atoms with Crippen molar-refractivity contribution < 1.29 is 14.5 Å². The van der Waals surface area contributed by atoms with Crippen molar-refractivity contribution in [2.24, 2.45) is 5.92 Å². The summed E-state index contributed by atoms with van der Waals surface area (Å²) in [6, 6.07) is 5.58. The highest BCUT2D eigenvalue weighted by molar-refractivity contribution is 5.72. The number of carbonyl (C=O) groups excluding carboxylic acids is 1. The first-order valence-corrected chi connectivity index (χ1v) is 6.60. The average Bonchev–Trinajstić information content (AvgIpc) is 2.40. The summed E-state index contributed by atoms with van der Waals surface area (Å²) in [5.41, 5.74) is -0.00733. The fourth-order valence-corrected chi connectivity index (χ4v) is 2.44. The Bertz CT molecular complexity index is 449. The lowest BCUT2D eigenvalue weighted by molar-refractivity contribution is -0.384. The molecule has 0 aromatic heterocycles. The highest BCUT2D eigenvalue weighted by Gasteiger charge is 2.18. The minimum atomic E-state index is -0.479. The van der Waals surface area contributed by atoms with E-state index in [2.05, 4.69) is 0 Å². The Labute approximate surface area is 111 Å². The van der Waals surface area contributed by atoms with Gasteiger partial charge in [-0.3, -0.25) is 14.9 Å². The van der Waals surface area contributed by atoms with E-state index in [4.69, 9.17) is 4.74 Å². The van der Waals surface area contributed by atoms with E-state index >= 15 is 0 Å². The summed E-state index contributed by atoms with van der Waals surface area (Å²) in [6.45, 7) is 0. The van der Waals surface area contributed by atoms with Gasteiger partial charge in [0.05, 0.1) is 4.92 Å². The van der Waals surface area contributed by atoms with Crippen LogP contribution in [0.25, 0.3) is 0 Å². The van der Waals surface area contributed by atoms with Gasteiger partial charge in [-0.1, -0.05) is 19.3 Å². The number of nitro benzene ring substituents is 1. The molecule has 2 rings (SSSR count). The maximum absolute atomic E-state index is 11.7. The molecule has 0 amide bonds. The second-order valence-electron chi connectivity index (χ2n) is 4.93. The molecule has 1 saturated carbocycles. The largest absolute Gasteiger partial charge is 0.427 e. The molecule has 0 spiro atoms. The summed E-state index contributed by atoms with van der Waals surface area (Å²) in [7, 11) is 0. The van der Waals surface area contributed by atoms with Gasteiger partial charge in [0.2, 0.25) is 0 Å². The van der Waals surface area contributed by atoms with Crippen LogP contribution in [-0.2, 0) is 4.79 Å². The van der Waals surface area contributed by atoms with Crippen LogP contribution in [0.4, 0.5) is 5.69 Å². The van der Waals surface area contributed by atoms with Gasteiger partial charge in [-0.15, -0.1) is 0 Å². The first kappa shape index (κ1) is 13.5. The number of rotatable bonds is 4. The topological polar surface area (TPSA) is 69.4 Å². The zero-order chi connectivity index (χ0) is 13.7. The summed E-state index contributed by atoms with van der Waals surface area (Å²) in [5.74, 6) is 0.548. The zero-order valence-electron chi connectivity index (χ0n) is 10.7. The second kappa shape index (κ2) is 6.31. The predicted octanol–water partition coefficient (Wildman–Crippen LogP) is 3.47. The fraction of sp³-hybridized carbons (Fsp3) is 0.500. The van der Waals surface area contributed by atoms with E-state index in [0.717, 1.165) is 12.8 Å². The van der Waals surface area contributed by atoms with Crippen LogP contribution in [0.3, 0.4) is 0 Å². The quantitative estimate of drug-likeness (QED) is 0.361. The van der Waals surface area contributed by atoms with Crippen LogP contribution < -0.4 is 4.74 Å². The van der Waals surface area contributed by atoms with E-state index < -0.39 is 4.92 Å². The first-order valence-electron chi connectivity index (χ1n) is 6.60. The van der Waals surface area contributed by atoms with Gasteiger partial charge in [0.15, 0.2) is 0 Å². The molecule has 102 valence electrons. The van der Waals surface area contributed by atoms with Crippen LogP contribution >= 0.6 is 0 Å². The van der Waals surface area contributed by atoms with E-state index in [9.17, 15) is 14.9 Å². The molecule has 19 heavy (non-hydrogen) atoms. The monoisotopic (exact) mass is 263 g/mol. The van der Waals surface area contributed by atoms with Crippen LogP contribution in [-0.4, -0.2) is 10.9 Å². The molecule has 5 nitrogen and oxygen atoms in total. The van der Waals surface area contributed by atoms with Gasteiger partial charge in [-0.25, -0.2) is 0 Å². The number of ether oxygens (including phenoxy) is 1. The molecular formula is C14H17NO4. The highest BCUT2D eigenvalue weighted by atomic mass is 16.6. The lowest BCUT2D eigenvalue weighted by Crippen LogP contribution is -2.16. The lowest BCUT2D eigenvalue weighted by atomic mass is 9.87. The van der Waals surface area contributed by atoms with Crippen molar-refractivity contribution in [3.05, 3.63) is 34.4 Å². The summed E-state index contributed by atoms with van der Waals surface area (Å²) >= 11 is 0. The molecule has 5 heteroatoms. The highest BCUT2D eigenvalue weighted by Crippen LogP contribution is 2.27. The van der Waals surface area contributed by atoms with Crippen molar-refractivity contribution in [2.45, 2.75) is 38.5 Å². The number of carbonyl (C=O) groups is 1. The SMILES string of the molecule is O=C(CC1CCCCC1)Oc1ccc([N+](=O)[O-])cc1. The van der Waals surface area contributed by atoms with E-state index in [0.29, 0.717) is 18.1 Å². The maximum atomic E-state index is 11.7. The fourth-order valence-electron chi connectivity index (χ4n) is 2.44. The number of benzene rings is 1. The normalized spacial score (nSPS) is 16.0. The second-order valence-corrected chi connectivity index (χ2v) is 4.93. The Morgan fingerprint density at radius 2 is 1.84 bits per heavy atom. The predicted molar refractivity (Wildman–Crippen MR) is 69.9 cm³/mol. The lowest BCUT2D eigenvalue weighted by Gasteiger charge is -2.20. The number of esters is 1. The Balaban J connectivity index is 1.85. The number of nitro groups is 1. The van der Waals surface area contributed by atoms with Crippen molar-refractivity contribution in [1.29, 1.82) is 0 Å². The van der Waals surface area contributed by atoms with Gasteiger partial charge in [0, 0.05) is 18.6 Å². The zero-order valence-corrected chi connectivity index (χ0v) is 10.7. The Hall–Kier alpha value is -1.91. The van der Waals surface area contributed by atoms with Crippen molar-refractivity contribution in [1.82, 2.24) is 0 Å². The summed E-state index contributed by atoms with van der Waals surface area (Å²) in [6.07, 6.45) is 6.26. The van der Waals surface area contributed by atoms with Gasteiger partial charge in [-0.2, -0.15) is 0 Å². The molecule has 0 bridgehead atoms. The van der Waals surface area contributed by atoms with Crippen molar-refractivity contribution in [3.8, 4) is 5.75 Å². The minimum Gasteiger partial charge on any atom is -0.427 e. The smallest absolute Gasteiger partial charge is 0.311 e. The van der Waals surface area contributed by atoms with Gasteiger partial charge in [0.25, 0.3) is 5.69 Å². The van der Waals surface area contributed by atoms with Gasteiger partial charge < -0.3 is 4.74 Å². The molecule has 1 aliphatic rings. The Morgan fingerprint density at radius 1 is 1.21 bits per heavy atom. The van der Waals surface area contributed by atoms with Gasteiger partial charge >= 0.3 is 5.97 Å². The van der Waals surface area contributed by atoms with Crippen molar-refractivity contribution in [2.75, 3.05) is 0 Å². The summed E-state index contributed by atoms with van der Waals surface area (Å²) in [4.78, 5) is 21.8. The van der Waals surface area contributed by atoms with E-state index in [-0.39, 0.29) is 11.7 Å². The summed E-state index contributed by atoms with van der Waals surface area (Å²) in [5, 5.41) is 10.5. The number of hydrogen-bond donors (Lipinski definition) is 0. The van der Waals surface area contributed by atoms with Crippen LogP contribution in [0.15, 0.2) is 24.3 Å².